The van der Waals surface area contributed by atoms with Crippen molar-refractivity contribution in [3.05, 3.63) is 28.0 Å². The summed E-state index contributed by atoms with van der Waals surface area (Å²) in [5, 5.41) is 12.0. The van der Waals surface area contributed by atoms with Crippen LogP contribution in [0.3, 0.4) is 0 Å². The zero-order valence-electron chi connectivity index (χ0n) is 13.5. The summed E-state index contributed by atoms with van der Waals surface area (Å²) in [6.45, 7) is 6.17. The molecule has 0 aromatic carbocycles. The SMILES string of the molecule is Cc1nc(C)c(CCNC(=O)N2CCCC(n3ccnn3)C2)s1. The van der Waals surface area contributed by atoms with E-state index in [1.54, 1.807) is 17.5 Å². The van der Waals surface area contributed by atoms with Gasteiger partial charge in [-0.1, -0.05) is 5.21 Å². The van der Waals surface area contributed by atoms with Gasteiger partial charge in [-0.05, 0) is 26.7 Å². The fraction of sp³-hybridized carbons (Fsp3) is 0.600. The van der Waals surface area contributed by atoms with Gasteiger partial charge in [-0.2, -0.15) is 0 Å². The van der Waals surface area contributed by atoms with E-state index in [0.717, 1.165) is 36.5 Å². The minimum absolute atomic E-state index is 0.00806. The number of urea groups is 1. The molecule has 0 bridgehead atoms. The standard InChI is InChI=1S/C15H22N6OS/c1-11-14(23-12(2)18-11)5-6-16-15(22)20-8-3-4-13(10-20)21-9-7-17-19-21/h7,9,13H,3-6,8,10H2,1-2H3,(H,16,22). The molecule has 3 heterocycles. The number of likely N-dealkylation sites (tertiary alicyclic amines) is 1. The highest BCUT2D eigenvalue weighted by molar-refractivity contribution is 7.11. The van der Waals surface area contributed by atoms with Crippen molar-refractivity contribution in [3.63, 3.8) is 0 Å². The van der Waals surface area contributed by atoms with Crippen molar-refractivity contribution in [2.75, 3.05) is 19.6 Å². The van der Waals surface area contributed by atoms with Crippen LogP contribution in [-0.2, 0) is 6.42 Å². The van der Waals surface area contributed by atoms with Gasteiger partial charge in [0.1, 0.15) is 0 Å². The van der Waals surface area contributed by atoms with Gasteiger partial charge < -0.3 is 10.2 Å². The number of nitrogens with zero attached hydrogens (tertiary/aromatic N) is 5. The largest absolute Gasteiger partial charge is 0.338 e. The van der Waals surface area contributed by atoms with Crippen molar-refractivity contribution in [1.29, 1.82) is 0 Å². The summed E-state index contributed by atoms with van der Waals surface area (Å²) in [5.74, 6) is 0. The fourth-order valence-electron chi connectivity index (χ4n) is 2.97. The normalized spacial score (nSPS) is 18.2. The molecule has 1 atom stereocenters. The molecule has 1 unspecified atom stereocenters. The van der Waals surface area contributed by atoms with Gasteiger partial charge in [-0.15, -0.1) is 16.4 Å². The van der Waals surface area contributed by atoms with E-state index in [-0.39, 0.29) is 12.1 Å². The Morgan fingerprint density at radius 1 is 1.48 bits per heavy atom. The molecule has 1 aliphatic heterocycles. The molecule has 7 nitrogen and oxygen atoms in total. The van der Waals surface area contributed by atoms with Crippen LogP contribution in [0.2, 0.25) is 0 Å². The Hall–Kier alpha value is -1.96. The lowest BCUT2D eigenvalue weighted by Gasteiger charge is -2.32. The molecule has 2 amide bonds. The number of piperidine rings is 1. The number of carbonyl (C=O) groups excluding carboxylic acids is 1. The quantitative estimate of drug-likeness (QED) is 0.927. The molecule has 0 radical (unpaired) electrons. The lowest BCUT2D eigenvalue weighted by atomic mass is 10.1. The second kappa shape index (κ2) is 7.08. The van der Waals surface area contributed by atoms with Crippen LogP contribution in [0.4, 0.5) is 4.79 Å². The van der Waals surface area contributed by atoms with Crippen molar-refractivity contribution < 1.29 is 4.79 Å². The van der Waals surface area contributed by atoms with Crippen LogP contribution in [0.25, 0.3) is 0 Å². The average Bonchev–Trinajstić information content (AvgIpc) is 3.17. The average molecular weight is 334 g/mol. The summed E-state index contributed by atoms with van der Waals surface area (Å²) in [7, 11) is 0. The zero-order chi connectivity index (χ0) is 16.2. The van der Waals surface area contributed by atoms with Gasteiger partial charge >= 0.3 is 6.03 Å². The Bertz CT molecular complexity index is 653. The highest BCUT2D eigenvalue weighted by Crippen LogP contribution is 2.20. The Labute approximate surface area is 139 Å². The van der Waals surface area contributed by atoms with Gasteiger partial charge in [0.25, 0.3) is 0 Å². The summed E-state index contributed by atoms with van der Waals surface area (Å²) >= 11 is 1.71. The predicted molar refractivity (Wildman–Crippen MR) is 88.6 cm³/mol. The van der Waals surface area contributed by atoms with Crippen LogP contribution < -0.4 is 5.32 Å². The molecule has 2 aromatic rings. The molecular formula is C15H22N6OS. The molecule has 0 aliphatic carbocycles. The number of amides is 2. The number of nitrogens with one attached hydrogen (secondary N) is 1. The summed E-state index contributed by atoms with van der Waals surface area (Å²) < 4.78 is 1.85. The van der Waals surface area contributed by atoms with Crippen LogP contribution in [0.15, 0.2) is 12.4 Å². The van der Waals surface area contributed by atoms with Gasteiger partial charge in [-0.3, -0.25) is 0 Å². The molecule has 1 aliphatic rings. The minimum atomic E-state index is 0.00806. The second-order valence-corrected chi connectivity index (χ2v) is 7.14. The molecule has 3 rings (SSSR count). The molecule has 8 heteroatoms. The van der Waals surface area contributed by atoms with Gasteiger partial charge in [0.05, 0.1) is 22.9 Å². The highest BCUT2D eigenvalue weighted by Gasteiger charge is 2.25. The van der Waals surface area contributed by atoms with Gasteiger partial charge in [-0.25, -0.2) is 14.5 Å². The third kappa shape index (κ3) is 3.87. The predicted octanol–water partition coefficient (Wildman–Crippen LogP) is 1.94. The van der Waals surface area contributed by atoms with Gasteiger partial charge in [0.15, 0.2) is 0 Å². The van der Waals surface area contributed by atoms with Crippen LogP contribution in [0.1, 0.15) is 34.5 Å². The summed E-state index contributed by atoms with van der Waals surface area (Å²) in [6.07, 6.45) is 6.40. The van der Waals surface area contributed by atoms with Crippen LogP contribution in [0, 0.1) is 13.8 Å². The maximum absolute atomic E-state index is 12.4. The number of aromatic nitrogens is 4. The van der Waals surface area contributed by atoms with Gasteiger partial charge in [0.2, 0.25) is 0 Å². The molecule has 1 N–H and O–H groups in total. The molecule has 1 saturated heterocycles. The monoisotopic (exact) mass is 334 g/mol. The Morgan fingerprint density at radius 3 is 3.04 bits per heavy atom. The number of hydrogen-bond donors (Lipinski definition) is 1. The lowest BCUT2D eigenvalue weighted by Crippen LogP contribution is -2.46. The molecule has 2 aromatic heterocycles. The van der Waals surface area contributed by atoms with E-state index < -0.39 is 0 Å². The maximum Gasteiger partial charge on any atom is 0.317 e. The Kier molecular flexibility index (Phi) is 4.90. The highest BCUT2D eigenvalue weighted by atomic mass is 32.1. The lowest BCUT2D eigenvalue weighted by molar-refractivity contribution is 0.162. The van der Waals surface area contributed by atoms with E-state index in [1.165, 1.54) is 4.88 Å². The summed E-state index contributed by atoms with van der Waals surface area (Å²) in [4.78, 5) is 19.9. The van der Waals surface area contributed by atoms with Gasteiger partial charge in [0, 0.05) is 37.1 Å². The van der Waals surface area contributed by atoms with Crippen LogP contribution >= 0.6 is 11.3 Å². The van der Waals surface area contributed by atoms with Crippen molar-refractivity contribution in [2.24, 2.45) is 0 Å². The van der Waals surface area contributed by atoms with E-state index in [9.17, 15) is 4.79 Å². The topological polar surface area (TPSA) is 75.9 Å². The van der Waals surface area contributed by atoms with Crippen molar-refractivity contribution >= 4 is 17.4 Å². The second-order valence-electron chi connectivity index (χ2n) is 5.85. The number of rotatable bonds is 4. The minimum Gasteiger partial charge on any atom is -0.338 e. The molecule has 1 fully saturated rings. The van der Waals surface area contributed by atoms with E-state index in [0.29, 0.717) is 13.1 Å². The molecule has 0 spiro atoms. The smallest absolute Gasteiger partial charge is 0.317 e. The first-order chi connectivity index (χ1) is 11.1. The third-order valence-corrected chi connectivity index (χ3v) is 5.26. The summed E-state index contributed by atoms with van der Waals surface area (Å²) in [5.41, 5.74) is 1.07. The van der Waals surface area contributed by atoms with Crippen molar-refractivity contribution in [1.82, 2.24) is 30.2 Å². The van der Waals surface area contributed by atoms with E-state index in [2.05, 4.69) is 20.6 Å². The summed E-state index contributed by atoms with van der Waals surface area (Å²) in [6, 6.07) is 0.233. The third-order valence-electron chi connectivity index (χ3n) is 4.13. The molecule has 0 saturated carbocycles. The number of carbonyl (C=O) groups is 1. The first-order valence-electron chi connectivity index (χ1n) is 7.95. The maximum atomic E-state index is 12.4. The fourth-order valence-corrected chi connectivity index (χ4v) is 3.90. The molecule has 23 heavy (non-hydrogen) atoms. The first kappa shape index (κ1) is 15.9. The number of aryl methyl sites for hydroxylation is 2. The van der Waals surface area contributed by atoms with Crippen molar-refractivity contribution in [3.8, 4) is 0 Å². The molecular weight excluding hydrogens is 312 g/mol. The number of thiazole rings is 1. The van der Waals surface area contributed by atoms with E-state index >= 15 is 0 Å². The zero-order valence-corrected chi connectivity index (χ0v) is 14.3. The van der Waals surface area contributed by atoms with Crippen LogP contribution in [0.5, 0.6) is 0 Å². The first-order valence-corrected chi connectivity index (χ1v) is 8.76. The molecule has 124 valence electrons. The van der Waals surface area contributed by atoms with Crippen molar-refractivity contribution in [2.45, 2.75) is 39.2 Å². The van der Waals surface area contributed by atoms with E-state index in [1.807, 2.05) is 29.6 Å². The van der Waals surface area contributed by atoms with E-state index in [4.69, 9.17) is 0 Å². The Balaban J connectivity index is 1.49. The Morgan fingerprint density at radius 2 is 2.35 bits per heavy atom. The number of hydrogen-bond acceptors (Lipinski definition) is 5. The van der Waals surface area contributed by atoms with Crippen LogP contribution in [-0.4, -0.2) is 50.5 Å².